The highest BCUT2D eigenvalue weighted by atomic mass is 32.2. The van der Waals surface area contributed by atoms with Crippen molar-refractivity contribution in [2.24, 2.45) is 0 Å². The molecular weight excluding hydrogens is 412 g/mol. The molecule has 0 saturated carbocycles. The topological polar surface area (TPSA) is 106 Å². The minimum Gasteiger partial charge on any atom is -0.478 e. The number of hydrogen-bond acceptors (Lipinski definition) is 6. The number of thiazole rings is 1. The number of aromatic carboxylic acids is 1. The van der Waals surface area contributed by atoms with Gasteiger partial charge in [-0.2, -0.15) is 0 Å². The summed E-state index contributed by atoms with van der Waals surface area (Å²) in [4.78, 5) is 29.1. The van der Waals surface area contributed by atoms with E-state index in [4.69, 9.17) is 0 Å². The first-order valence-corrected chi connectivity index (χ1v) is 11.5. The van der Waals surface area contributed by atoms with Gasteiger partial charge in [0, 0.05) is 17.6 Å². The first-order valence-electron chi connectivity index (χ1n) is 9.01. The van der Waals surface area contributed by atoms with Crippen LogP contribution in [0.3, 0.4) is 0 Å². The summed E-state index contributed by atoms with van der Waals surface area (Å²) < 4.78 is 26.6. The smallest absolute Gasteiger partial charge is 0.337 e. The molecule has 0 radical (unpaired) electrons. The molecule has 0 atom stereocenters. The quantitative estimate of drug-likeness (QED) is 0.614. The van der Waals surface area contributed by atoms with Crippen molar-refractivity contribution >= 4 is 27.1 Å². The van der Waals surface area contributed by atoms with E-state index in [1.54, 1.807) is 37.4 Å². The number of sulfone groups is 1. The van der Waals surface area contributed by atoms with Crippen molar-refractivity contribution in [3.63, 3.8) is 0 Å². The molecule has 7 nitrogen and oxygen atoms in total. The zero-order valence-electron chi connectivity index (χ0n) is 16.0. The number of nitrogens with zero attached hydrogens (tertiary/aromatic N) is 2. The predicted molar refractivity (Wildman–Crippen MR) is 111 cm³/mol. The van der Waals surface area contributed by atoms with Crippen molar-refractivity contribution in [2.45, 2.75) is 37.5 Å². The van der Waals surface area contributed by atoms with Crippen LogP contribution in [-0.4, -0.2) is 29.0 Å². The third kappa shape index (κ3) is 4.15. The van der Waals surface area contributed by atoms with Gasteiger partial charge in [-0.15, -0.1) is 11.3 Å². The van der Waals surface area contributed by atoms with Gasteiger partial charge in [0.05, 0.1) is 21.7 Å². The summed E-state index contributed by atoms with van der Waals surface area (Å²) in [5.74, 6) is -1.41. The average molecular weight is 433 g/mol. The van der Waals surface area contributed by atoms with Crippen molar-refractivity contribution in [1.82, 2.24) is 9.55 Å². The van der Waals surface area contributed by atoms with Gasteiger partial charge in [0.15, 0.2) is 9.84 Å². The first kappa shape index (κ1) is 20.9. The van der Waals surface area contributed by atoms with Gasteiger partial charge >= 0.3 is 5.97 Å². The molecule has 0 spiro atoms. The summed E-state index contributed by atoms with van der Waals surface area (Å²) in [6.07, 6.45) is 0.405. The van der Waals surface area contributed by atoms with E-state index in [1.807, 2.05) is 0 Å². The van der Waals surface area contributed by atoms with E-state index in [-0.39, 0.29) is 33.0 Å². The Hall–Kier alpha value is -2.78. The lowest BCUT2D eigenvalue weighted by atomic mass is 10.1. The lowest BCUT2D eigenvalue weighted by Gasteiger charge is -2.14. The second kappa shape index (κ2) is 8.30. The second-order valence-corrected chi connectivity index (χ2v) is 9.26. The lowest BCUT2D eigenvalue weighted by molar-refractivity contribution is 0.0694. The summed E-state index contributed by atoms with van der Waals surface area (Å²) in [6, 6.07) is 9.41. The SMILES string of the molecule is CCc1c(C(=O)O)cc(-c2csc(CS(=O)(=O)c3ccccc3)n2)c(=O)n1CC. The molecule has 0 saturated heterocycles. The second-order valence-electron chi connectivity index (χ2n) is 6.33. The fourth-order valence-electron chi connectivity index (χ4n) is 3.16. The molecule has 1 N–H and O–H groups in total. The van der Waals surface area contributed by atoms with Crippen LogP contribution in [0, 0.1) is 0 Å². The van der Waals surface area contributed by atoms with Gasteiger partial charge in [0.25, 0.3) is 5.56 Å². The molecule has 0 bridgehead atoms. The Bertz CT molecular complexity index is 1210. The van der Waals surface area contributed by atoms with Crippen LogP contribution in [0.1, 0.15) is 34.9 Å². The van der Waals surface area contributed by atoms with E-state index in [1.165, 1.54) is 22.8 Å². The minimum absolute atomic E-state index is 0.0513. The van der Waals surface area contributed by atoms with Crippen molar-refractivity contribution < 1.29 is 18.3 Å². The number of pyridine rings is 1. The van der Waals surface area contributed by atoms with Gasteiger partial charge in [0.2, 0.25) is 0 Å². The molecule has 29 heavy (non-hydrogen) atoms. The fraction of sp³-hybridized carbons (Fsp3) is 0.250. The number of hydrogen-bond donors (Lipinski definition) is 1. The van der Waals surface area contributed by atoms with Crippen molar-refractivity contribution in [3.05, 3.63) is 68.4 Å². The lowest BCUT2D eigenvalue weighted by Crippen LogP contribution is -2.27. The molecule has 3 aromatic rings. The van der Waals surface area contributed by atoms with Crippen LogP contribution < -0.4 is 5.56 Å². The molecule has 152 valence electrons. The van der Waals surface area contributed by atoms with Crippen LogP contribution in [0.25, 0.3) is 11.3 Å². The van der Waals surface area contributed by atoms with E-state index in [0.717, 1.165) is 11.3 Å². The van der Waals surface area contributed by atoms with E-state index in [9.17, 15) is 23.1 Å². The molecule has 0 fully saturated rings. The Labute approximate surface area is 172 Å². The fourth-order valence-corrected chi connectivity index (χ4v) is 5.61. The maximum atomic E-state index is 12.9. The number of rotatable bonds is 7. The molecule has 1 aromatic carbocycles. The normalized spacial score (nSPS) is 11.5. The van der Waals surface area contributed by atoms with Gasteiger partial charge < -0.3 is 9.67 Å². The number of aromatic nitrogens is 2. The predicted octanol–water partition coefficient (Wildman–Crippen LogP) is 3.23. The molecule has 0 aliphatic heterocycles. The molecular formula is C20H20N2O5S2. The highest BCUT2D eigenvalue weighted by Crippen LogP contribution is 2.25. The molecule has 0 aliphatic carbocycles. The monoisotopic (exact) mass is 432 g/mol. The summed E-state index contributed by atoms with van der Waals surface area (Å²) in [5, 5.41) is 11.5. The van der Waals surface area contributed by atoms with Crippen LogP contribution in [-0.2, 0) is 28.6 Å². The van der Waals surface area contributed by atoms with Gasteiger partial charge in [-0.25, -0.2) is 18.2 Å². The van der Waals surface area contributed by atoms with E-state index < -0.39 is 15.8 Å². The third-order valence-corrected chi connectivity index (χ3v) is 7.20. The summed E-state index contributed by atoms with van der Waals surface area (Å²) >= 11 is 1.13. The molecule has 0 amide bonds. The number of carbonyl (C=O) groups is 1. The molecule has 2 aromatic heterocycles. The number of carboxylic acid groups (broad SMARTS) is 1. The van der Waals surface area contributed by atoms with Crippen molar-refractivity contribution in [2.75, 3.05) is 0 Å². The third-order valence-electron chi connectivity index (χ3n) is 4.53. The molecule has 2 heterocycles. The largest absolute Gasteiger partial charge is 0.478 e. The van der Waals surface area contributed by atoms with Gasteiger partial charge in [0.1, 0.15) is 10.8 Å². The molecule has 0 unspecified atom stereocenters. The first-order chi connectivity index (χ1) is 13.8. The van der Waals surface area contributed by atoms with Gasteiger partial charge in [-0.05, 0) is 31.5 Å². The van der Waals surface area contributed by atoms with Crippen LogP contribution in [0.4, 0.5) is 0 Å². The Morgan fingerprint density at radius 2 is 1.90 bits per heavy atom. The zero-order valence-corrected chi connectivity index (χ0v) is 17.6. The van der Waals surface area contributed by atoms with Crippen molar-refractivity contribution in [1.29, 1.82) is 0 Å². The van der Waals surface area contributed by atoms with Gasteiger partial charge in [-0.3, -0.25) is 4.79 Å². The number of carboxylic acids is 1. The minimum atomic E-state index is -3.57. The number of benzene rings is 1. The standard InChI is InChI=1S/C20H20N2O5S2/c1-3-17-15(20(24)25)10-14(19(23)22(17)4-2)16-11-28-18(21-16)12-29(26,27)13-8-6-5-7-9-13/h5-11H,3-4,12H2,1-2H3,(H,24,25). The Balaban J connectivity index is 2.04. The van der Waals surface area contributed by atoms with Crippen LogP contribution in [0.2, 0.25) is 0 Å². The Kier molecular flexibility index (Phi) is 5.99. The van der Waals surface area contributed by atoms with Crippen LogP contribution in [0.5, 0.6) is 0 Å². The van der Waals surface area contributed by atoms with Gasteiger partial charge in [-0.1, -0.05) is 25.1 Å². The summed E-state index contributed by atoms with van der Waals surface area (Å²) in [5.41, 5.74) is 0.607. The summed E-state index contributed by atoms with van der Waals surface area (Å²) in [6.45, 7) is 3.90. The Morgan fingerprint density at radius 1 is 1.21 bits per heavy atom. The van der Waals surface area contributed by atoms with Crippen LogP contribution in [0.15, 0.2) is 51.5 Å². The summed E-state index contributed by atoms with van der Waals surface area (Å²) in [7, 11) is -3.57. The molecule has 0 aliphatic rings. The zero-order chi connectivity index (χ0) is 21.2. The van der Waals surface area contributed by atoms with E-state index in [2.05, 4.69) is 4.98 Å². The van der Waals surface area contributed by atoms with E-state index >= 15 is 0 Å². The highest BCUT2D eigenvalue weighted by molar-refractivity contribution is 7.90. The van der Waals surface area contributed by atoms with E-state index in [0.29, 0.717) is 23.7 Å². The maximum absolute atomic E-state index is 12.9. The molecule has 9 heteroatoms. The molecule has 3 rings (SSSR count). The Morgan fingerprint density at radius 3 is 2.48 bits per heavy atom. The highest BCUT2D eigenvalue weighted by Gasteiger charge is 2.21. The maximum Gasteiger partial charge on any atom is 0.337 e. The average Bonchev–Trinajstić information content (AvgIpc) is 3.15. The van der Waals surface area contributed by atoms with Crippen molar-refractivity contribution in [3.8, 4) is 11.3 Å². The van der Waals surface area contributed by atoms with Crippen LogP contribution >= 0.6 is 11.3 Å².